The minimum atomic E-state index is -0.276. The second kappa shape index (κ2) is 9.16. The van der Waals surface area contributed by atoms with Crippen LogP contribution in [0.5, 0.6) is 5.75 Å². The van der Waals surface area contributed by atoms with Crippen LogP contribution >= 0.6 is 0 Å². The molecule has 0 atom stereocenters. The third kappa shape index (κ3) is 4.85. The fraction of sp³-hybridized carbons (Fsp3) is 0.320. The van der Waals surface area contributed by atoms with Gasteiger partial charge in [-0.2, -0.15) is 0 Å². The molecular formula is C25H27N3O3. The maximum absolute atomic E-state index is 13.0. The Morgan fingerprint density at radius 1 is 1.16 bits per heavy atom. The van der Waals surface area contributed by atoms with Crippen LogP contribution in [0.15, 0.2) is 53.3 Å². The number of amides is 1. The van der Waals surface area contributed by atoms with Crippen molar-refractivity contribution in [2.45, 2.75) is 52.2 Å². The Balaban J connectivity index is 1.55. The van der Waals surface area contributed by atoms with Gasteiger partial charge in [0.05, 0.1) is 17.0 Å². The summed E-state index contributed by atoms with van der Waals surface area (Å²) < 4.78 is 7.57. The van der Waals surface area contributed by atoms with Crippen molar-refractivity contribution < 1.29 is 9.53 Å². The van der Waals surface area contributed by atoms with Gasteiger partial charge in [0.2, 0.25) is 5.91 Å². The molecule has 0 fully saturated rings. The molecule has 0 saturated heterocycles. The number of carbonyl (C=O) groups is 1. The van der Waals surface area contributed by atoms with Crippen molar-refractivity contribution in [2.24, 2.45) is 0 Å². The number of nitrogens with one attached hydrogen (secondary N) is 1. The van der Waals surface area contributed by atoms with E-state index in [1.54, 1.807) is 28.8 Å². The summed E-state index contributed by atoms with van der Waals surface area (Å²) in [6, 6.07) is 12.9. The number of fused-ring (bicyclic) bond motifs is 2. The van der Waals surface area contributed by atoms with Gasteiger partial charge < -0.3 is 10.1 Å². The number of rotatable bonds is 5. The van der Waals surface area contributed by atoms with Crippen molar-refractivity contribution in [1.82, 2.24) is 9.55 Å². The minimum Gasteiger partial charge on any atom is -0.490 e. The molecule has 3 aromatic rings. The predicted octanol–water partition coefficient (Wildman–Crippen LogP) is 4.56. The number of hydrogen-bond acceptors (Lipinski definition) is 4. The van der Waals surface area contributed by atoms with Gasteiger partial charge in [-0.15, -0.1) is 0 Å². The predicted molar refractivity (Wildman–Crippen MR) is 123 cm³/mol. The Bertz CT molecular complexity index is 1190. The van der Waals surface area contributed by atoms with Crippen LogP contribution in [0.1, 0.15) is 44.5 Å². The van der Waals surface area contributed by atoms with Crippen LogP contribution < -0.4 is 15.6 Å². The summed E-state index contributed by atoms with van der Waals surface area (Å²) in [5.41, 5.74) is 2.04. The molecule has 1 aromatic heterocycles. The molecule has 6 nitrogen and oxygen atoms in total. The molecule has 2 heterocycles. The van der Waals surface area contributed by atoms with Crippen LogP contribution in [0.3, 0.4) is 0 Å². The van der Waals surface area contributed by atoms with E-state index in [0.29, 0.717) is 23.1 Å². The number of para-hydroxylation sites is 1. The Morgan fingerprint density at radius 3 is 2.84 bits per heavy atom. The minimum absolute atomic E-state index is 0.0340. The zero-order chi connectivity index (χ0) is 21.8. The highest BCUT2D eigenvalue weighted by atomic mass is 16.5. The molecular weight excluding hydrogens is 390 g/mol. The Hall–Kier alpha value is -3.41. The summed E-state index contributed by atoms with van der Waals surface area (Å²) in [5, 5.41) is 3.37. The molecule has 160 valence electrons. The zero-order valence-electron chi connectivity index (χ0n) is 17.9. The molecule has 0 radical (unpaired) electrons. The van der Waals surface area contributed by atoms with Crippen molar-refractivity contribution in [2.75, 3.05) is 5.32 Å². The van der Waals surface area contributed by atoms with E-state index in [0.717, 1.165) is 42.8 Å². The summed E-state index contributed by atoms with van der Waals surface area (Å²) in [7, 11) is 0. The quantitative estimate of drug-likeness (QED) is 0.618. The van der Waals surface area contributed by atoms with Crippen molar-refractivity contribution in [3.63, 3.8) is 0 Å². The molecule has 0 aliphatic carbocycles. The molecule has 0 bridgehead atoms. The van der Waals surface area contributed by atoms with E-state index >= 15 is 0 Å². The first-order valence-electron chi connectivity index (χ1n) is 10.8. The number of ether oxygens (including phenoxy) is 1. The van der Waals surface area contributed by atoms with Crippen molar-refractivity contribution in [3.05, 3.63) is 70.3 Å². The molecule has 4 rings (SSSR count). The maximum atomic E-state index is 13.0. The number of aryl methyl sites for hydroxylation is 1. The number of aromatic nitrogens is 2. The second-order valence-corrected chi connectivity index (χ2v) is 8.05. The first-order chi connectivity index (χ1) is 15.0. The molecule has 0 saturated carbocycles. The van der Waals surface area contributed by atoms with Gasteiger partial charge in [-0.3, -0.25) is 14.2 Å². The van der Waals surface area contributed by atoms with E-state index in [2.05, 4.69) is 10.3 Å². The van der Waals surface area contributed by atoms with Crippen LogP contribution in [0, 0.1) is 0 Å². The molecule has 1 aliphatic rings. The van der Waals surface area contributed by atoms with Gasteiger partial charge in [0.15, 0.2) is 0 Å². The van der Waals surface area contributed by atoms with Crippen LogP contribution in [-0.4, -0.2) is 21.6 Å². The van der Waals surface area contributed by atoms with Crippen LogP contribution in [0.2, 0.25) is 0 Å². The first-order valence-corrected chi connectivity index (χ1v) is 10.8. The van der Waals surface area contributed by atoms with E-state index in [1.807, 2.05) is 38.1 Å². The standard InChI is InChI=1S/C25H27N3O3/c1-17(2)31-22-9-6-5-8-18(22)11-14-24(29)26-19-12-13-21-20(16-19)25(30)28-15-7-3-4-10-23(28)27-21/h5-6,8-9,11-14,16-17H,3-4,7,10,15H2,1-2H3,(H,26,29)/b14-11+. The van der Waals surface area contributed by atoms with Crippen molar-refractivity contribution in [3.8, 4) is 5.75 Å². The summed E-state index contributed by atoms with van der Waals surface area (Å²) in [5.74, 6) is 1.31. The first kappa shape index (κ1) is 20.8. The highest BCUT2D eigenvalue weighted by molar-refractivity contribution is 6.03. The van der Waals surface area contributed by atoms with Crippen LogP contribution in [0.4, 0.5) is 5.69 Å². The van der Waals surface area contributed by atoms with Crippen molar-refractivity contribution >= 4 is 28.6 Å². The molecule has 6 heteroatoms. The van der Waals surface area contributed by atoms with Gasteiger partial charge in [0, 0.05) is 30.3 Å². The van der Waals surface area contributed by atoms with Crippen LogP contribution in [0.25, 0.3) is 17.0 Å². The Morgan fingerprint density at radius 2 is 2.00 bits per heavy atom. The van der Waals surface area contributed by atoms with Gasteiger partial charge in [-0.25, -0.2) is 4.98 Å². The SMILES string of the molecule is CC(C)Oc1ccccc1/C=C/C(=O)Nc1ccc2nc3n(c(=O)c2c1)CCCCC3. The fourth-order valence-electron chi connectivity index (χ4n) is 3.82. The van der Waals surface area contributed by atoms with E-state index in [1.165, 1.54) is 6.08 Å². The highest BCUT2D eigenvalue weighted by Crippen LogP contribution is 2.21. The van der Waals surface area contributed by atoms with E-state index in [4.69, 9.17) is 4.74 Å². The summed E-state index contributed by atoms with van der Waals surface area (Å²) >= 11 is 0. The van der Waals surface area contributed by atoms with Crippen LogP contribution in [-0.2, 0) is 17.8 Å². The molecule has 0 spiro atoms. The van der Waals surface area contributed by atoms with Gasteiger partial charge in [0.25, 0.3) is 5.56 Å². The number of anilines is 1. The lowest BCUT2D eigenvalue weighted by Gasteiger charge is -2.12. The average Bonchev–Trinajstić information content (AvgIpc) is 2.99. The normalized spacial score (nSPS) is 13.9. The monoisotopic (exact) mass is 417 g/mol. The van der Waals surface area contributed by atoms with E-state index in [-0.39, 0.29) is 17.6 Å². The molecule has 1 amide bonds. The number of nitrogens with zero attached hydrogens (tertiary/aromatic N) is 2. The largest absolute Gasteiger partial charge is 0.490 e. The lowest BCUT2D eigenvalue weighted by Crippen LogP contribution is -2.24. The van der Waals surface area contributed by atoms with Gasteiger partial charge >= 0.3 is 0 Å². The molecule has 1 aliphatic heterocycles. The highest BCUT2D eigenvalue weighted by Gasteiger charge is 2.14. The summed E-state index contributed by atoms with van der Waals surface area (Å²) in [4.78, 5) is 30.2. The Kier molecular flexibility index (Phi) is 6.16. The summed E-state index contributed by atoms with van der Waals surface area (Å²) in [6.07, 6.45) is 7.23. The lowest BCUT2D eigenvalue weighted by molar-refractivity contribution is -0.111. The van der Waals surface area contributed by atoms with Crippen molar-refractivity contribution in [1.29, 1.82) is 0 Å². The average molecular weight is 418 g/mol. The molecule has 2 aromatic carbocycles. The van der Waals surface area contributed by atoms with E-state index in [9.17, 15) is 9.59 Å². The van der Waals surface area contributed by atoms with Gasteiger partial charge in [-0.05, 0) is 57.0 Å². The second-order valence-electron chi connectivity index (χ2n) is 8.05. The smallest absolute Gasteiger partial charge is 0.261 e. The molecule has 0 unspecified atom stereocenters. The lowest BCUT2D eigenvalue weighted by atomic mass is 10.1. The Labute approximate surface area is 181 Å². The van der Waals surface area contributed by atoms with E-state index < -0.39 is 0 Å². The summed E-state index contributed by atoms with van der Waals surface area (Å²) in [6.45, 7) is 4.63. The number of benzene rings is 2. The van der Waals surface area contributed by atoms with Gasteiger partial charge in [0.1, 0.15) is 11.6 Å². The number of carbonyl (C=O) groups excluding carboxylic acids is 1. The third-order valence-corrected chi connectivity index (χ3v) is 5.28. The zero-order valence-corrected chi connectivity index (χ0v) is 17.9. The molecule has 31 heavy (non-hydrogen) atoms. The third-order valence-electron chi connectivity index (χ3n) is 5.28. The molecule has 1 N–H and O–H groups in total. The topological polar surface area (TPSA) is 73.2 Å². The fourth-order valence-corrected chi connectivity index (χ4v) is 3.82. The maximum Gasteiger partial charge on any atom is 0.261 e. The van der Waals surface area contributed by atoms with Gasteiger partial charge in [-0.1, -0.05) is 24.6 Å². The number of hydrogen-bond donors (Lipinski definition) is 1.